The molecule has 0 heterocycles. The molecule has 4 nitrogen and oxygen atoms in total. The van der Waals surface area contributed by atoms with E-state index in [0.717, 1.165) is 30.2 Å². The second-order valence-electron chi connectivity index (χ2n) is 5.05. The number of halogens is 2. The summed E-state index contributed by atoms with van der Waals surface area (Å²) < 4.78 is 0.851. The Morgan fingerprint density at radius 2 is 2.10 bits per heavy atom. The van der Waals surface area contributed by atoms with Crippen LogP contribution in [0.4, 0.5) is 5.69 Å². The molecule has 1 saturated carbocycles. The van der Waals surface area contributed by atoms with E-state index < -0.39 is 0 Å². The van der Waals surface area contributed by atoms with Gasteiger partial charge in [0.05, 0.1) is 11.7 Å². The highest BCUT2D eigenvalue weighted by Crippen LogP contribution is 2.24. The van der Waals surface area contributed by atoms with E-state index in [9.17, 15) is 9.90 Å². The fourth-order valence-electron chi connectivity index (χ4n) is 2.49. The summed E-state index contributed by atoms with van der Waals surface area (Å²) in [6.07, 6.45) is 3.71. The molecule has 2 atom stereocenters. The van der Waals surface area contributed by atoms with E-state index in [1.165, 1.54) is 0 Å². The van der Waals surface area contributed by atoms with Crippen LogP contribution in [-0.4, -0.2) is 23.7 Å². The Balaban J connectivity index is 0.00000200. The minimum atomic E-state index is -0.295. The van der Waals surface area contributed by atoms with Crippen molar-refractivity contribution in [3.8, 4) is 0 Å². The fraction of sp³-hybridized carbons (Fsp3) is 0.500. The van der Waals surface area contributed by atoms with Crippen LogP contribution in [0.2, 0.25) is 0 Å². The highest BCUT2D eigenvalue weighted by atomic mass is 79.9. The van der Waals surface area contributed by atoms with Gasteiger partial charge in [-0.1, -0.05) is 28.8 Å². The van der Waals surface area contributed by atoms with Gasteiger partial charge in [-0.2, -0.15) is 0 Å². The van der Waals surface area contributed by atoms with Crippen molar-refractivity contribution in [2.75, 3.05) is 12.3 Å². The van der Waals surface area contributed by atoms with Crippen molar-refractivity contribution < 1.29 is 9.90 Å². The van der Waals surface area contributed by atoms with Gasteiger partial charge in [-0.15, -0.1) is 12.4 Å². The number of aliphatic hydroxyl groups is 1. The number of nitrogen functional groups attached to an aromatic ring is 1. The number of hydrogen-bond donors (Lipinski definition) is 3. The van der Waals surface area contributed by atoms with Crippen molar-refractivity contribution in [3.63, 3.8) is 0 Å². The molecule has 0 radical (unpaired) electrons. The molecule has 20 heavy (non-hydrogen) atoms. The quantitative estimate of drug-likeness (QED) is 0.723. The predicted octanol–water partition coefficient (Wildman–Crippen LogP) is 2.73. The van der Waals surface area contributed by atoms with Crippen LogP contribution in [-0.2, 0) is 0 Å². The maximum Gasteiger partial charge on any atom is 0.253 e. The molecule has 1 aliphatic carbocycles. The Morgan fingerprint density at radius 1 is 1.40 bits per heavy atom. The van der Waals surface area contributed by atoms with Crippen LogP contribution in [0.15, 0.2) is 22.7 Å². The zero-order valence-corrected chi connectivity index (χ0v) is 13.5. The van der Waals surface area contributed by atoms with Crippen LogP contribution >= 0.6 is 28.3 Å². The summed E-state index contributed by atoms with van der Waals surface area (Å²) in [6.45, 7) is 0.509. The van der Waals surface area contributed by atoms with Gasteiger partial charge in [-0.05, 0) is 31.0 Å². The lowest BCUT2D eigenvalue weighted by atomic mass is 9.86. The molecule has 4 N–H and O–H groups in total. The van der Waals surface area contributed by atoms with E-state index in [0.29, 0.717) is 17.8 Å². The van der Waals surface area contributed by atoms with Crippen molar-refractivity contribution in [3.05, 3.63) is 28.2 Å². The smallest absolute Gasteiger partial charge is 0.253 e. The summed E-state index contributed by atoms with van der Waals surface area (Å²) in [7, 11) is 0. The standard InChI is InChI=1S/C14H19BrN2O2.ClH/c15-10-5-6-11(12(16)7-10)14(19)17-8-9-3-1-2-4-13(9)18;/h5-7,9,13,18H,1-4,8,16H2,(H,17,19);1H. The topological polar surface area (TPSA) is 75.4 Å². The van der Waals surface area contributed by atoms with Gasteiger partial charge in [-0.25, -0.2) is 0 Å². The molecule has 2 unspecified atom stereocenters. The lowest BCUT2D eigenvalue weighted by Gasteiger charge is -2.27. The highest BCUT2D eigenvalue weighted by molar-refractivity contribution is 9.10. The second-order valence-corrected chi connectivity index (χ2v) is 5.97. The van der Waals surface area contributed by atoms with Gasteiger partial charge in [-0.3, -0.25) is 4.79 Å². The van der Waals surface area contributed by atoms with Gasteiger partial charge < -0.3 is 16.2 Å². The highest BCUT2D eigenvalue weighted by Gasteiger charge is 2.23. The van der Waals surface area contributed by atoms with Crippen molar-refractivity contribution in [2.24, 2.45) is 5.92 Å². The van der Waals surface area contributed by atoms with Crippen molar-refractivity contribution in [2.45, 2.75) is 31.8 Å². The summed E-state index contributed by atoms with van der Waals surface area (Å²) >= 11 is 3.31. The maximum absolute atomic E-state index is 12.0. The number of nitrogens with one attached hydrogen (secondary N) is 1. The van der Waals surface area contributed by atoms with Crippen LogP contribution in [0.25, 0.3) is 0 Å². The number of nitrogens with two attached hydrogens (primary N) is 1. The predicted molar refractivity (Wildman–Crippen MR) is 86.1 cm³/mol. The Morgan fingerprint density at radius 3 is 2.75 bits per heavy atom. The molecule has 0 spiro atoms. The third-order valence-corrected chi connectivity index (χ3v) is 4.15. The van der Waals surface area contributed by atoms with Gasteiger partial charge in [0.1, 0.15) is 0 Å². The number of rotatable bonds is 3. The molecule has 112 valence electrons. The summed E-state index contributed by atoms with van der Waals surface area (Å²) in [5.74, 6) is -0.0165. The first-order valence-electron chi connectivity index (χ1n) is 6.59. The number of benzene rings is 1. The van der Waals surface area contributed by atoms with E-state index in [2.05, 4.69) is 21.2 Å². The first-order chi connectivity index (χ1) is 9.08. The molecule has 0 bridgehead atoms. The van der Waals surface area contributed by atoms with Gasteiger partial charge >= 0.3 is 0 Å². The molecule has 0 aliphatic heterocycles. The van der Waals surface area contributed by atoms with Gasteiger partial charge in [0.2, 0.25) is 0 Å². The number of anilines is 1. The number of carbonyl (C=O) groups is 1. The van der Waals surface area contributed by atoms with Crippen LogP contribution < -0.4 is 11.1 Å². The minimum absolute atomic E-state index is 0. The second kappa shape index (κ2) is 7.86. The molecule has 2 rings (SSSR count). The lowest BCUT2D eigenvalue weighted by molar-refractivity contribution is 0.0663. The van der Waals surface area contributed by atoms with E-state index in [-0.39, 0.29) is 30.3 Å². The Hall–Kier alpha value is -0.780. The van der Waals surface area contributed by atoms with Gasteiger partial charge in [0, 0.05) is 22.6 Å². The van der Waals surface area contributed by atoms with Gasteiger partial charge in [0.25, 0.3) is 5.91 Å². The monoisotopic (exact) mass is 362 g/mol. The Bertz CT molecular complexity index is 470. The van der Waals surface area contributed by atoms with E-state index in [1.54, 1.807) is 18.2 Å². The molecule has 1 fully saturated rings. The summed E-state index contributed by atoms with van der Waals surface area (Å²) in [4.78, 5) is 12.0. The van der Waals surface area contributed by atoms with Crippen LogP contribution in [0.5, 0.6) is 0 Å². The normalized spacial score (nSPS) is 21.9. The third kappa shape index (κ3) is 4.36. The number of amides is 1. The fourth-order valence-corrected chi connectivity index (χ4v) is 2.86. The van der Waals surface area contributed by atoms with E-state index in [4.69, 9.17) is 5.73 Å². The minimum Gasteiger partial charge on any atom is -0.398 e. The summed E-state index contributed by atoms with van der Waals surface area (Å²) in [5.41, 5.74) is 6.75. The Kier molecular flexibility index (Phi) is 6.79. The molecule has 0 aromatic heterocycles. The molecule has 1 amide bonds. The Labute approximate surface area is 133 Å². The SMILES string of the molecule is Cl.Nc1cc(Br)ccc1C(=O)NCC1CCCCC1O. The molecule has 1 aromatic rings. The van der Waals surface area contributed by atoms with Crippen LogP contribution in [0.1, 0.15) is 36.0 Å². The van der Waals surface area contributed by atoms with Crippen molar-refractivity contribution in [1.82, 2.24) is 5.32 Å². The summed E-state index contributed by atoms with van der Waals surface area (Å²) in [6, 6.07) is 5.21. The number of hydrogen-bond acceptors (Lipinski definition) is 3. The van der Waals surface area contributed by atoms with E-state index >= 15 is 0 Å². The van der Waals surface area contributed by atoms with E-state index in [1.807, 2.05) is 0 Å². The average Bonchev–Trinajstić information content (AvgIpc) is 2.37. The first kappa shape index (κ1) is 17.3. The van der Waals surface area contributed by atoms with Gasteiger partial charge in [0.15, 0.2) is 0 Å². The molecule has 6 heteroatoms. The number of carbonyl (C=O) groups excluding carboxylic acids is 1. The molecule has 1 aromatic carbocycles. The largest absolute Gasteiger partial charge is 0.398 e. The number of aliphatic hydroxyl groups excluding tert-OH is 1. The van der Waals surface area contributed by atoms with Crippen LogP contribution in [0, 0.1) is 5.92 Å². The zero-order chi connectivity index (χ0) is 13.8. The van der Waals surface area contributed by atoms with Crippen molar-refractivity contribution >= 4 is 39.9 Å². The third-order valence-electron chi connectivity index (χ3n) is 3.65. The molecular formula is C14H20BrClN2O2. The average molecular weight is 364 g/mol. The molecule has 0 saturated heterocycles. The van der Waals surface area contributed by atoms with Crippen LogP contribution in [0.3, 0.4) is 0 Å². The lowest BCUT2D eigenvalue weighted by Crippen LogP contribution is -2.36. The zero-order valence-electron chi connectivity index (χ0n) is 11.1. The first-order valence-corrected chi connectivity index (χ1v) is 7.38. The molecular weight excluding hydrogens is 344 g/mol. The molecule has 1 aliphatic rings. The van der Waals surface area contributed by atoms with Crippen molar-refractivity contribution in [1.29, 1.82) is 0 Å². The maximum atomic E-state index is 12.0. The summed E-state index contributed by atoms with van der Waals surface area (Å²) in [5, 5.41) is 12.7.